The SMILES string of the molecule is O=C1CCCc2sc(-c3ccc(Br)c(F)c3)nc21. The zero-order valence-corrected chi connectivity index (χ0v) is 11.8. The van der Waals surface area contributed by atoms with Crippen molar-refractivity contribution in [3.63, 3.8) is 0 Å². The normalized spacial score (nSPS) is 14.7. The number of carbonyl (C=O) groups excluding carboxylic acids is 1. The van der Waals surface area contributed by atoms with Crippen molar-refractivity contribution < 1.29 is 9.18 Å². The van der Waals surface area contributed by atoms with E-state index in [0.717, 1.165) is 28.3 Å². The average molecular weight is 326 g/mol. The molecule has 3 rings (SSSR count). The number of thiazole rings is 1. The van der Waals surface area contributed by atoms with E-state index in [1.54, 1.807) is 6.07 Å². The summed E-state index contributed by atoms with van der Waals surface area (Å²) in [5.41, 5.74) is 1.31. The van der Waals surface area contributed by atoms with Crippen LogP contribution in [0.3, 0.4) is 0 Å². The van der Waals surface area contributed by atoms with Crippen molar-refractivity contribution >= 4 is 33.0 Å². The molecule has 1 heterocycles. The van der Waals surface area contributed by atoms with Crippen LogP contribution in [0.4, 0.5) is 4.39 Å². The number of hydrogen-bond donors (Lipinski definition) is 0. The van der Waals surface area contributed by atoms with Crippen molar-refractivity contribution in [2.45, 2.75) is 19.3 Å². The number of aromatic nitrogens is 1. The van der Waals surface area contributed by atoms with Crippen molar-refractivity contribution in [2.24, 2.45) is 0 Å². The van der Waals surface area contributed by atoms with Crippen molar-refractivity contribution in [3.05, 3.63) is 39.1 Å². The number of hydrogen-bond acceptors (Lipinski definition) is 3. The van der Waals surface area contributed by atoms with Gasteiger partial charge >= 0.3 is 0 Å². The van der Waals surface area contributed by atoms with Gasteiger partial charge in [-0.2, -0.15) is 0 Å². The van der Waals surface area contributed by atoms with Gasteiger partial charge in [-0.05, 0) is 40.9 Å². The Labute approximate surface area is 116 Å². The summed E-state index contributed by atoms with van der Waals surface area (Å²) in [7, 11) is 0. The molecular weight excluding hydrogens is 317 g/mol. The Morgan fingerprint density at radius 2 is 2.17 bits per heavy atom. The molecule has 0 aliphatic heterocycles. The van der Waals surface area contributed by atoms with Gasteiger partial charge in [0.05, 0.1) is 4.47 Å². The minimum atomic E-state index is -0.313. The lowest BCUT2D eigenvalue weighted by Gasteiger charge is -2.06. The van der Waals surface area contributed by atoms with E-state index in [9.17, 15) is 9.18 Å². The second-order valence-corrected chi connectivity index (χ2v) is 6.13. The number of Topliss-reactive ketones (excluding diaryl/α,β-unsaturated/α-hetero) is 1. The van der Waals surface area contributed by atoms with Crippen LogP contribution in [0, 0.1) is 5.82 Å². The summed E-state index contributed by atoms with van der Waals surface area (Å²) in [5.74, 6) is -0.205. The lowest BCUT2D eigenvalue weighted by Crippen LogP contribution is -2.08. The molecule has 5 heteroatoms. The van der Waals surface area contributed by atoms with Crippen LogP contribution >= 0.6 is 27.3 Å². The highest BCUT2D eigenvalue weighted by atomic mass is 79.9. The summed E-state index contributed by atoms with van der Waals surface area (Å²) in [5, 5.41) is 0.724. The van der Waals surface area contributed by atoms with Gasteiger partial charge in [0, 0.05) is 16.9 Å². The van der Waals surface area contributed by atoms with Crippen molar-refractivity contribution in [1.29, 1.82) is 0 Å². The zero-order valence-electron chi connectivity index (χ0n) is 9.37. The number of fused-ring (bicyclic) bond motifs is 1. The number of rotatable bonds is 1. The van der Waals surface area contributed by atoms with Crippen LogP contribution in [-0.2, 0) is 6.42 Å². The highest BCUT2D eigenvalue weighted by molar-refractivity contribution is 9.10. The average Bonchev–Trinajstić information content (AvgIpc) is 2.78. The Hall–Kier alpha value is -1.07. The highest BCUT2D eigenvalue weighted by Gasteiger charge is 2.22. The fourth-order valence-corrected chi connectivity index (χ4v) is 3.38. The Balaban J connectivity index is 2.07. The minimum Gasteiger partial charge on any atom is -0.292 e. The predicted molar refractivity (Wildman–Crippen MR) is 72.5 cm³/mol. The third-order valence-electron chi connectivity index (χ3n) is 2.94. The van der Waals surface area contributed by atoms with Crippen molar-refractivity contribution in [2.75, 3.05) is 0 Å². The third-order valence-corrected chi connectivity index (χ3v) is 4.74. The van der Waals surface area contributed by atoms with Crippen LogP contribution in [0.1, 0.15) is 28.2 Å². The van der Waals surface area contributed by atoms with E-state index in [4.69, 9.17) is 0 Å². The van der Waals surface area contributed by atoms with Crippen LogP contribution in [0.15, 0.2) is 22.7 Å². The summed E-state index contributed by atoms with van der Waals surface area (Å²) in [4.78, 5) is 17.1. The van der Waals surface area contributed by atoms with Gasteiger partial charge in [0.15, 0.2) is 5.78 Å². The zero-order chi connectivity index (χ0) is 12.7. The first kappa shape index (κ1) is 12.0. The monoisotopic (exact) mass is 325 g/mol. The van der Waals surface area contributed by atoms with Gasteiger partial charge in [-0.15, -0.1) is 11.3 Å². The predicted octanol–water partition coefficient (Wildman–Crippen LogP) is 4.23. The molecule has 18 heavy (non-hydrogen) atoms. The van der Waals surface area contributed by atoms with Gasteiger partial charge in [0.25, 0.3) is 0 Å². The standard InChI is InChI=1S/C13H9BrFNOS/c14-8-5-4-7(6-9(8)15)13-16-12-10(17)2-1-3-11(12)18-13/h4-6H,1-3H2. The van der Waals surface area contributed by atoms with Crippen LogP contribution in [-0.4, -0.2) is 10.8 Å². The maximum atomic E-state index is 13.5. The first-order valence-corrected chi connectivity index (χ1v) is 7.24. The summed E-state index contributed by atoms with van der Waals surface area (Å²) < 4.78 is 13.9. The molecule has 0 saturated carbocycles. The number of aryl methyl sites for hydroxylation is 1. The van der Waals surface area contributed by atoms with Crippen LogP contribution in [0.25, 0.3) is 10.6 Å². The van der Waals surface area contributed by atoms with Gasteiger partial charge < -0.3 is 0 Å². The molecule has 1 aliphatic carbocycles. The largest absolute Gasteiger partial charge is 0.292 e. The lowest BCUT2D eigenvalue weighted by molar-refractivity contribution is 0.0968. The molecule has 1 aromatic carbocycles. The number of halogens is 2. The maximum Gasteiger partial charge on any atom is 0.182 e. The van der Waals surface area contributed by atoms with E-state index < -0.39 is 0 Å². The summed E-state index contributed by atoms with van der Waals surface area (Å²) in [6.07, 6.45) is 2.37. The Morgan fingerprint density at radius 3 is 2.89 bits per heavy atom. The number of benzene rings is 1. The smallest absolute Gasteiger partial charge is 0.182 e. The fraction of sp³-hybridized carbons (Fsp3) is 0.231. The molecule has 0 spiro atoms. The van der Waals surface area contributed by atoms with Gasteiger partial charge in [-0.1, -0.05) is 6.07 Å². The summed E-state index contributed by atoms with van der Waals surface area (Å²) >= 11 is 4.62. The quantitative estimate of drug-likeness (QED) is 0.785. The molecule has 0 amide bonds. The van der Waals surface area contributed by atoms with Crippen molar-refractivity contribution in [1.82, 2.24) is 4.98 Å². The highest BCUT2D eigenvalue weighted by Crippen LogP contribution is 2.33. The van der Waals surface area contributed by atoms with Gasteiger partial charge in [0.2, 0.25) is 0 Å². The first-order chi connectivity index (χ1) is 8.65. The molecule has 0 unspecified atom stereocenters. The number of ketones is 1. The van der Waals surface area contributed by atoms with Crippen LogP contribution in [0.2, 0.25) is 0 Å². The topological polar surface area (TPSA) is 30.0 Å². The molecule has 0 N–H and O–H groups in total. The molecule has 1 aromatic heterocycles. The van der Waals surface area contributed by atoms with E-state index in [0.29, 0.717) is 16.6 Å². The molecule has 0 fully saturated rings. The molecule has 0 radical (unpaired) electrons. The van der Waals surface area contributed by atoms with Gasteiger partial charge in [-0.25, -0.2) is 9.37 Å². The number of carbonyl (C=O) groups is 1. The van der Waals surface area contributed by atoms with E-state index in [1.807, 2.05) is 6.07 Å². The molecule has 0 saturated heterocycles. The van der Waals surface area contributed by atoms with E-state index in [2.05, 4.69) is 20.9 Å². The molecule has 92 valence electrons. The molecular formula is C13H9BrFNOS. The molecule has 0 bridgehead atoms. The molecule has 2 nitrogen and oxygen atoms in total. The van der Waals surface area contributed by atoms with Crippen molar-refractivity contribution in [3.8, 4) is 10.6 Å². The molecule has 1 aliphatic rings. The van der Waals surface area contributed by atoms with E-state index in [1.165, 1.54) is 17.4 Å². The van der Waals surface area contributed by atoms with Gasteiger partial charge in [0.1, 0.15) is 16.5 Å². The summed E-state index contributed by atoms with van der Waals surface area (Å²) in [6, 6.07) is 4.91. The van der Waals surface area contributed by atoms with Crippen LogP contribution < -0.4 is 0 Å². The Kier molecular flexibility index (Phi) is 3.03. The Morgan fingerprint density at radius 1 is 1.33 bits per heavy atom. The summed E-state index contributed by atoms with van der Waals surface area (Å²) in [6.45, 7) is 0. The van der Waals surface area contributed by atoms with Gasteiger partial charge in [-0.3, -0.25) is 4.79 Å². The number of nitrogens with zero attached hydrogens (tertiary/aromatic N) is 1. The minimum absolute atomic E-state index is 0.108. The maximum absolute atomic E-state index is 13.5. The fourth-order valence-electron chi connectivity index (χ4n) is 2.02. The first-order valence-electron chi connectivity index (χ1n) is 5.63. The molecule has 0 atom stereocenters. The van der Waals surface area contributed by atoms with Crippen LogP contribution in [0.5, 0.6) is 0 Å². The second-order valence-electron chi connectivity index (χ2n) is 4.20. The van der Waals surface area contributed by atoms with E-state index in [-0.39, 0.29) is 11.6 Å². The molecule has 2 aromatic rings. The second kappa shape index (κ2) is 4.55. The third kappa shape index (κ3) is 2.01. The van der Waals surface area contributed by atoms with E-state index >= 15 is 0 Å². The Bertz CT molecular complexity index is 638. The lowest BCUT2D eigenvalue weighted by atomic mass is 10.0.